The van der Waals surface area contributed by atoms with Crippen molar-refractivity contribution in [3.63, 3.8) is 0 Å². The maximum Gasteiger partial charge on any atom is 0.244 e. The number of hydrogen-bond acceptors (Lipinski definition) is 3. The number of hydrogen-bond donors (Lipinski definition) is 0. The Hall–Kier alpha value is -0.360. The van der Waals surface area contributed by atoms with Crippen molar-refractivity contribution in [2.75, 3.05) is 13.6 Å². The van der Waals surface area contributed by atoms with Gasteiger partial charge >= 0.3 is 0 Å². The van der Waals surface area contributed by atoms with Gasteiger partial charge in [0, 0.05) is 19.8 Å². The highest BCUT2D eigenvalue weighted by molar-refractivity contribution is 7.89. The highest BCUT2D eigenvalue weighted by atomic mass is 35.5. The first-order chi connectivity index (χ1) is 8.41. The van der Waals surface area contributed by atoms with E-state index in [9.17, 15) is 8.42 Å². The molecular formula is C11H14Cl2N2O2S. The number of rotatable bonds is 4. The standard InChI is InChI=1S/C11H14Cl2N2O2S/c1-15(7-8-3-2-4-8)18(16,17)9-5-10(12)11(13)14-6-9/h5-6,8H,2-4,7H2,1H3. The molecule has 7 heteroatoms. The van der Waals surface area contributed by atoms with Crippen LogP contribution in [0.4, 0.5) is 0 Å². The molecule has 1 saturated carbocycles. The zero-order valence-electron chi connectivity index (χ0n) is 9.94. The van der Waals surface area contributed by atoms with E-state index in [2.05, 4.69) is 4.98 Å². The van der Waals surface area contributed by atoms with Gasteiger partial charge in [0.1, 0.15) is 10.0 Å². The Labute approximate surface area is 117 Å². The predicted octanol–water partition coefficient (Wildman–Crippen LogP) is 2.81. The van der Waals surface area contributed by atoms with Crippen LogP contribution >= 0.6 is 23.2 Å². The summed E-state index contributed by atoms with van der Waals surface area (Å²) in [6.45, 7) is 0.544. The van der Waals surface area contributed by atoms with Gasteiger partial charge in [-0.1, -0.05) is 29.6 Å². The molecule has 1 aliphatic carbocycles. The van der Waals surface area contributed by atoms with Crippen LogP contribution in [0.3, 0.4) is 0 Å². The molecule has 0 saturated heterocycles. The number of nitrogens with zero attached hydrogens (tertiary/aromatic N) is 2. The van der Waals surface area contributed by atoms with E-state index in [4.69, 9.17) is 23.2 Å². The summed E-state index contributed by atoms with van der Waals surface area (Å²) < 4.78 is 25.9. The van der Waals surface area contributed by atoms with Crippen LogP contribution in [-0.2, 0) is 10.0 Å². The molecule has 0 aromatic carbocycles. The van der Waals surface area contributed by atoms with Gasteiger partial charge in [0.05, 0.1) is 5.02 Å². The molecule has 1 fully saturated rings. The molecule has 0 bridgehead atoms. The summed E-state index contributed by atoms with van der Waals surface area (Å²) in [4.78, 5) is 3.85. The van der Waals surface area contributed by atoms with Gasteiger partial charge in [0.15, 0.2) is 0 Å². The monoisotopic (exact) mass is 308 g/mol. The first-order valence-corrected chi connectivity index (χ1v) is 7.88. The van der Waals surface area contributed by atoms with Crippen LogP contribution in [0.25, 0.3) is 0 Å². The lowest BCUT2D eigenvalue weighted by Crippen LogP contribution is -2.34. The van der Waals surface area contributed by atoms with Crippen molar-refractivity contribution in [2.45, 2.75) is 24.2 Å². The van der Waals surface area contributed by atoms with Crippen LogP contribution in [0.5, 0.6) is 0 Å². The van der Waals surface area contributed by atoms with Gasteiger partial charge < -0.3 is 0 Å². The lowest BCUT2D eigenvalue weighted by Gasteiger charge is -2.29. The minimum atomic E-state index is -3.52. The zero-order chi connectivity index (χ0) is 13.3. The molecule has 0 unspecified atom stereocenters. The van der Waals surface area contributed by atoms with E-state index >= 15 is 0 Å². The van der Waals surface area contributed by atoms with Crippen molar-refractivity contribution in [3.05, 3.63) is 22.4 Å². The summed E-state index contributed by atoms with van der Waals surface area (Å²) in [6.07, 6.45) is 4.62. The van der Waals surface area contributed by atoms with Gasteiger partial charge in [0.2, 0.25) is 10.0 Å². The molecule has 2 rings (SSSR count). The second-order valence-electron chi connectivity index (χ2n) is 4.53. The fraction of sp³-hybridized carbons (Fsp3) is 0.545. The summed E-state index contributed by atoms with van der Waals surface area (Å²) in [6, 6.07) is 1.34. The molecule has 100 valence electrons. The highest BCUT2D eigenvalue weighted by Crippen LogP contribution is 2.29. The average Bonchev–Trinajstić information content (AvgIpc) is 2.26. The van der Waals surface area contributed by atoms with Crippen molar-refractivity contribution in [2.24, 2.45) is 5.92 Å². The zero-order valence-corrected chi connectivity index (χ0v) is 12.3. The summed E-state index contributed by atoms with van der Waals surface area (Å²) in [7, 11) is -1.94. The lowest BCUT2D eigenvalue weighted by atomic mass is 9.86. The Balaban J connectivity index is 2.20. The van der Waals surface area contributed by atoms with Crippen LogP contribution in [0, 0.1) is 5.92 Å². The average molecular weight is 309 g/mol. The fourth-order valence-electron chi connectivity index (χ4n) is 1.86. The van der Waals surface area contributed by atoms with Gasteiger partial charge in [-0.3, -0.25) is 0 Å². The van der Waals surface area contributed by atoms with Crippen LogP contribution in [-0.4, -0.2) is 31.3 Å². The maximum atomic E-state index is 12.3. The third kappa shape index (κ3) is 2.79. The summed E-state index contributed by atoms with van der Waals surface area (Å²) >= 11 is 11.5. The quantitative estimate of drug-likeness (QED) is 0.804. The molecule has 0 amide bonds. The third-order valence-electron chi connectivity index (χ3n) is 3.22. The van der Waals surface area contributed by atoms with Gasteiger partial charge in [-0.25, -0.2) is 17.7 Å². The first kappa shape index (κ1) is 14.1. The molecule has 4 nitrogen and oxygen atoms in total. The molecule has 0 aliphatic heterocycles. The van der Waals surface area contributed by atoms with Gasteiger partial charge in [-0.05, 0) is 24.8 Å². The van der Waals surface area contributed by atoms with E-state index < -0.39 is 10.0 Å². The van der Waals surface area contributed by atoms with Crippen LogP contribution < -0.4 is 0 Å². The van der Waals surface area contributed by atoms with E-state index in [1.165, 1.54) is 23.0 Å². The number of pyridine rings is 1. The van der Waals surface area contributed by atoms with Crippen molar-refractivity contribution in [1.82, 2.24) is 9.29 Å². The largest absolute Gasteiger partial charge is 0.244 e. The van der Waals surface area contributed by atoms with E-state index in [0.29, 0.717) is 12.5 Å². The van der Waals surface area contributed by atoms with Crippen molar-refractivity contribution in [3.8, 4) is 0 Å². The van der Waals surface area contributed by atoms with Crippen LogP contribution in [0.15, 0.2) is 17.2 Å². The molecule has 1 aliphatic rings. The minimum absolute atomic E-state index is 0.0822. The Morgan fingerprint density at radius 2 is 2.11 bits per heavy atom. The Morgan fingerprint density at radius 3 is 2.61 bits per heavy atom. The second-order valence-corrected chi connectivity index (χ2v) is 7.34. The van der Waals surface area contributed by atoms with Crippen LogP contribution in [0.1, 0.15) is 19.3 Å². The number of sulfonamides is 1. The molecule has 18 heavy (non-hydrogen) atoms. The molecule has 1 aromatic rings. The predicted molar refractivity (Wildman–Crippen MR) is 71.4 cm³/mol. The fourth-order valence-corrected chi connectivity index (χ4v) is 3.42. The van der Waals surface area contributed by atoms with E-state index in [1.807, 2.05) is 0 Å². The summed E-state index contributed by atoms with van der Waals surface area (Å²) in [5.74, 6) is 0.473. The Bertz CT molecular complexity index is 544. The molecule has 0 spiro atoms. The molecule has 1 heterocycles. The summed E-state index contributed by atoms with van der Waals surface area (Å²) in [5, 5.41) is 0.257. The summed E-state index contributed by atoms with van der Waals surface area (Å²) in [5.41, 5.74) is 0. The van der Waals surface area contributed by atoms with Crippen molar-refractivity contribution < 1.29 is 8.42 Å². The van der Waals surface area contributed by atoms with E-state index in [0.717, 1.165) is 12.8 Å². The molecule has 0 atom stereocenters. The van der Waals surface area contributed by atoms with Crippen LogP contribution in [0.2, 0.25) is 10.2 Å². The van der Waals surface area contributed by atoms with E-state index in [1.54, 1.807) is 7.05 Å². The smallest absolute Gasteiger partial charge is 0.242 e. The Kier molecular flexibility index (Phi) is 4.16. The molecule has 1 aromatic heterocycles. The second kappa shape index (κ2) is 5.33. The lowest BCUT2D eigenvalue weighted by molar-refractivity contribution is 0.263. The van der Waals surface area contributed by atoms with E-state index in [-0.39, 0.29) is 15.1 Å². The third-order valence-corrected chi connectivity index (χ3v) is 5.69. The number of aromatic nitrogens is 1. The highest BCUT2D eigenvalue weighted by Gasteiger charge is 2.27. The van der Waals surface area contributed by atoms with Gasteiger partial charge in [0.25, 0.3) is 0 Å². The van der Waals surface area contributed by atoms with Gasteiger partial charge in [-0.15, -0.1) is 0 Å². The Morgan fingerprint density at radius 1 is 1.44 bits per heavy atom. The van der Waals surface area contributed by atoms with Gasteiger partial charge in [-0.2, -0.15) is 0 Å². The van der Waals surface area contributed by atoms with Crippen molar-refractivity contribution >= 4 is 33.2 Å². The molecule has 0 N–H and O–H groups in total. The first-order valence-electron chi connectivity index (χ1n) is 5.68. The number of halogens is 2. The molecule has 0 radical (unpaired) electrons. The normalized spacial score (nSPS) is 16.9. The SMILES string of the molecule is CN(CC1CCC1)S(=O)(=O)c1cnc(Cl)c(Cl)c1. The molecular weight excluding hydrogens is 295 g/mol. The maximum absolute atomic E-state index is 12.3. The van der Waals surface area contributed by atoms with Crippen molar-refractivity contribution in [1.29, 1.82) is 0 Å². The minimum Gasteiger partial charge on any atom is -0.242 e. The topological polar surface area (TPSA) is 50.3 Å².